The molecule has 0 bridgehead atoms. The van der Waals surface area contributed by atoms with Crippen LogP contribution in [0.2, 0.25) is 0 Å². The average Bonchev–Trinajstić information content (AvgIpc) is 3.19. The summed E-state index contributed by atoms with van der Waals surface area (Å²) in [6.45, 7) is 0.285. The van der Waals surface area contributed by atoms with Crippen LogP contribution in [-0.4, -0.2) is 26.7 Å². The minimum absolute atomic E-state index is 0.101. The molecule has 0 radical (unpaired) electrons. The Bertz CT molecular complexity index is 964. The molecular formula is C16H14N2O5S. The summed E-state index contributed by atoms with van der Waals surface area (Å²) in [5.41, 5.74) is 1.44. The number of hydrogen-bond acceptors (Lipinski definition) is 6. The average molecular weight is 346 g/mol. The van der Waals surface area contributed by atoms with Gasteiger partial charge in [0, 0.05) is 19.0 Å². The van der Waals surface area contributed by atoms with Crippen LogP contribution in [0.25, 0.3) is 11.1 Å². The molecule has 8 heteroatoms. The largest absolute Gasteiger partial charge is 0.454 e. The van der Waals surface area contributed by atoms with Crippen molar-refractivity contribution in [3.8, 4) is 11.5 Å². The van der Waals surface area contributed by atoms with Crippen LogP contribution in [0, 0.1) is 0 Å². The van der Waals surface area contributed by atoms with Gasteiger partial charge in [0.15, 0.2) is 23.0 Å². The third-order valence-electron chi connectivity index (χ3n) is 3.62. The Hall–Kier alpha value is -2.58. The lowest BCUT2D eigenvalue weighted by Gasteiger charge is -2.06. The summed E-state index contributed by atoms with van der Waals surface area (Å²) in [6.07, 6.45) is 0.360. The number of nitrogens with zero attached hydrogens (tertiary/aromatic N) is 1. The topological polar surface area (TPSA) is 90.7 Å². The highest BCUT2D eigenvalue weighted by atomic mass is 32.2. The van der Waals surface area contributed by atoms with Crippen LogP contribution in [0.4, 0.5) is 0 Å². The summed E-state index contributed by atoms with van der Waals surface area (Å²) in [7, 11) is -3.64. The molecule has 24 heavy (non-hydrogen) atoms. The Labute approximate surface area is 138 Å². The third kappa shape index (κ3) is 2.81. The molecule has 4 rings (SSSR count). The molecule has 0 aliphatic carbocycles. The van der Waals surface area contributed by atoms with Crippen molar-refractivity contribution in [1.82, 2.24) is 9.71 Å². The van der Waals surface area contributed by atoms with Gasteiger partial charge < -0.3 is 13.9 Å². The number of hydrogen-bond donors (Lipinski definition) is 1. The first-order chi connectivity index (χ1) is 11.6. The van der Waals surface area contributed by atoms with Crippen molar-refractivity contribution >= 4 is 21.1 Å². The Balaban J connectivity index is 1.44. The van der Waals surface area contributed by atoms with E-state index in [2.05, 4.69) is 9.71 Å². The van der Waals surface area contributed by atoms with E-state index >= 15 is 0 Å². The third-order valence-corrected chi connectivity index (χ3v) is 5.08. The van der Waals surface area contributed by atoms with Crippen LogP contribution in [0.15, 0.2) is 51.8 Å². The zero-order valence-corrected chi connectivity index (χ0v) is 13.4. The molecule has 124 valence electrons. The first kappa shape index (κ1) is 15.0. The molecule has 0 atom stereocenters. The molecule has 3 aromatic rings. The number of aromatic nitrogens is 1. The lowest BCUT2D eigenvalue weighted by atomic mass is 10.3. The van der Waals surface area contributed by atoms with E-state index in [1.807, 2.05) is 24.3 Å². The Morgan fingerprint density at radius 3 is 2.79 bits per heavy atom. The van der Waals surface area contributed by atoms with E-state index in [0.717, 1.165) is 5.52 Å². The number of rotatable bonds is 5. The summed E-state index contributed by atoms with van der Waals surface area (Å²) >= 11 is 0. The van der Waals surface area contributed by atoms with Crippen molar-refractivity contribution < 1.29 is 22.3 Å². The molecular weight excluding hydrogens is 332 g/mol. The van der Waals surface area contributed by atoms with Crippen molar-refractivity contribution in [1.29, 1.82) is 0 Å². The lowest BCUT2D eigenvalue weighted by Crippen LogP contribution is -2.26. The van der Waals surface area contributed by atoms with Gasteiger partial charge in [0.05, 0.1) is 4.90 Å². The Morgan fingerprint density at radius 1 is 1.08 bits per heavy atom. The predicted octanol–water partition coefficient (Wildman–Crippen LogP) is 2.08. The van der Waals surface area contributed by atoms with Gasteiger partial charge in [0.1, 0.15) is 5.52 Å². The number of ether oxygens (including phenoxy) is 2. The molecule has 0 spiro atoms. The minimum Gasteiger partial charge on any atom is -0.454 e. The van der Waals surface area contributed by atoms with Crippen molar-refractivity contribution in [2.45, 2.75) is 11.3 Å². The van der Waals surface area contributed by atoms with Crippen LogP contribution in [-0.2, 0) is 16.4 Å². The SMILES string of the molecule is O=S(=O)(NCCc1nc2ccccc2o1)c1ccc2c(c1)OCO2. The maximum atomic E-state index is 12.3. The summed E-state index contributed by atoms with van der Waals surface area (Å²) in [6, 6.07) is 11.9. The van der Waals surface area contributed by atoms with Gasteiger partial charge in [0.25, 0.3) is 0 Å². The van der Waals surface area contributed by atoms with Crippen LogP contribution in [0.5, 0.6) is 11.5 Å². The van der Waals surface area contributed by atoms with E-state index in [4.69, 9.17) is 13.9 Å². The lowest BCUT2D eigenvalue weighted by molar-refractivity contribution is 0.174. The molecule has 0 unspecified atom stereocenters. The number of para-hydroxylation sites is 2. The van der Waals surface area contributed by atoms with Gasteiger partial charge in [-0.15, -0.1) is 0 Å². The summed E-state index contributed by atoms with van der Waals surface area (Å²) < 4.78 is 43.2. The second-order valence-corrected chi connectivity index (χ2v) is 7.01. The van der Waals surface area contributed by atoms with Crippen LogP contribution in [0.3, 0.4) is 0 Å². The molecule has 1 aliphatic heterocycles. The second kappa shape index (κ2) is 5.81. The standard InChI is InChI=1S/C16H14N2O5S/c19-24(20,11-5-6-14-15(9-11)22-10-21-14)17-8-7-16-18-12-3-1-2-4-13(12)23-16/h1-6,9,17H,7-8,10H2. The van der Waals surface area contributed by atoms with Gasteiger partial charge in [-0.1, -0.05) is 12.1 Å². The van der Waals surface area contributed by atoms with Crippen molar-refractivity contribution in [3.63, 3.8) is 0 Å². The zero-order chi connectivity index (χ0) is 16.6. The highest BCUT2D eigenvalue weighted by Crippen LogP contribution is 2.33. The Kier molecular flexibility index (Phi) is 3.62. The van der Waals surface area contributed by atoms with Crippen molar-refractivity contribution in [3.05, 3.63) is 48.4 Å². The molecule has 2 heterocycles. The van der Waals surface area contributed by atoms with Crippen LogP contribution < -0.4 is 14.2 Å². The normalized spacial score (nSPS) is 13.5. The molecule has 7 nitrogen and oxygen atoms in total. The zero-order valence-electron chi connectivity index (χ0n) is 12.6. The fourth-order valence-electron chi connectivity index (χ4n) is 2.45. The fraction of sp³-hybridized carbons (Fsp3) is 0.188. The quantitative estimate of drug-likeness (QED) is 0.761. The molecule has 1 N–H and O–H groups in total. The van der Waals surface area contributed by atoms with Gasteiger partial charge in [-0.05, 0) is 24.3 Å². The number of fused-ring (bicyclic) bond motifs is 2. The predicted molar refractivity (Wildman–Crippen MR) is 85.5 cm³/mol. The van der Waals surface area contributed by atoms with Gasteiger partial charge in [0.2, 0.25) is 16.8 Å². The maximum Gasteiger partial charge on any atom is 0.240 e. The van der Waals surface area contributed by atoms with Crippen molar-refractivity contribution in [2.75, 3.05) is 13.3 Å². The minimum atomic E-state index is -3.64. The van der Waals surface area contributed by atoms with Gasteiger partial charge in [-0.3, -0.25) is 0 Å². The smallest absolute Gasteiger partial charge is 0.240 e. The van der Waals surface area contributed by atoms with E-state index in [1.165, 1.54) is 12.1 Å². The van der Waals surface area contributed by atoms with Gasteiger partial charge in [-0.25, -0.2) is 18.1 Å². The van der Waals surface area contributed by atoms with E-state index < -0.39 is 10.0 Å². The first-order valence-corrected chi connectivity index (χ1v) is 8.84. The van der Waals surface area contributed by atoms with Gasteiger partial charge in [-0.2, -0.15) is 0 Å². The first-order valence-electron chi connectivity index (χ1n) is 7.36. The number of oxazole rings is 1. The summed E-state index contributed by atoms with van der Waals surface area (Å²) in [4.78, 5) is 4.44. The number of benzene rings is 2. The molecule has 1 aromatic heterocycles. The summed E-state index contributed by atoms with van der Waals surface area (Å²) in [5.74, 6) is 1.46. The van der Waals surface area contributed by atoms with E-state index in [0.29, 0.717) is 29.4 Å². The highest BCUT2D eigenvalue weighted by molar-refractivity contribution is 7.89. The Morgan fingerprint density at radius 2 is 1.92 bits per heavy atom. The molecule has 0 fully saturated rings. The monoisotopic (exact) mass is 346 g/mol. The number of sulfonamides is 1. The summed E-state index contributed by atoms with van der Waals surface area (Å²) in [5, 5.41) is 0. The van der Waals surface area contributed by atoms with Crippen molar-refractivity contribution in [2.24, 2.45) is 0 Å². The highest BCUT2D eigenvalue weighted by Gasteiger charge is 2.20. The van der Waals surface area contributed by atoms with Gasteiger partial charge >= 0.3 is 0 Å². The van der Waals surface area contributed by atoms with E-state index in [1.54, 1.807) is 6.07 Å². The van der Waals surface area contributed by atoms with E-state index in [-0.39, 0.29) is 18.2 Å². The maximum absolute atomic E-state index is 12.3. The molecule has 0 saturated carbocycles. The van der Waals surface area contributed by atoms with E-state index in [9.17, 15) is 8.42 Å². The molecule has 2 aromatic carbocycles. The fourth-order valence-corrected chi connectivity index (χ4v) is 3.49. The van der Waals surface area contributed by atoms with Crippen LogP contribution >= 0.6 is 0 Å². The molecule has 0 amide bonds. The van der Waals surface area contributed by atoms with Crippen LogP contribution in [0.1, 0.15) is 5.89 Å². The molecule has 1 aliphatic rings. The second-order valence-electron chi connectivity index (χ2n) is 5.24. The molecule has 0 saturated heterocycles. The number of nitrogens with one attached hydrogen (secondary N) is 1.